The molecule has 9 heteroatoms. The van der Waals surface area contributed by atoms with Gasteiger partial charge in [-0.05, 0) is 44.2 Å². The number of likely N-dealkylation sites (tertiary alicyclic amines) is 1. The molecule has 5 atom stereocenters. The van der Waals surface area contributed by atoms with Crippen LogP contribution in [0.2, 0.25) is 5.02 Å². The Bertz CT molecular complexity index is 1030. The number of aliphatic hydroxyl groups excluding tert-OH is 1. The topological polar surface area (TPSA) is 96.4 Å². The van der Waals surface area contributed by atoms with Crippen LogP contribution in [0.4, 0.5) is 5.69 Å². The van der Waals surface area contributed by atoms with E-state index in [0.717, 1.165) is 12.8 Å². The van der Waals surface area contributed by atoms with E-state index in [9.17, 15) is 19.5 Å². The van der Waals surface area contributed by atoms with Gasteiger partial charge in [-0.3, -0.25) is 14.4 Å². The highest BCUT2D eigenvalue weighted by molar-refractivity contribution is 6.34. The molecule has 0 radical (unpaired) electrons. The van der Waals surface area contributed by atoms with E-state index in [-0.39, 0.29) is 38.1 Å². The Hall–Kier alpha value is -2.68. The standard InChI is InChI=1S/C27H33ClN2O6/c1-3-5-6-9-17-35-26(34)21-20-12-13-27(36-20)22(21)24(32)30(15-16-31)23(27)25(33)29(14-4-2)19-11-8-7-10-18(19)28/h3-4,7-8,10-11,20-23,31H,1-2,5-6,9,12-17H2/t20-,21+,22+,23?,27?/m1/s1. The van der Waals surface area contributed by atoms with Crippen LogP contribution in [0, 0.1) is 11.8 Å². The monoisotopic (exact) mass is 516 g/mol. The van der Waals surface area contributed by atoms with Crippen molar-refractivity contribution in [2.75, 3.05) is 31.2 Å². The number of halogens is 1. The first-order valence-electron chi connectivity index (χ1n) is 12.4. The Kier molecular flexibility index (Phi) is 8.17. The van der Waals surface area contributed by atoms with Gasteiger partial charge in [0.05, 0.1) is 41.9 Å². The first kappa shape index (κ1) is 26.4. The van der Waals surface area contributed by atoms with E-state index in [1.54, 1.807) is 30.3 Å². The van der Waals surface area contributed by atoms with Gasteiger partial charge in [0.2, 0.25) is 5.91 Å². The number of β-amino-alcohol motifs (C(OH)–C–C–N with tert-alkyl or cyclic N) is 1. The van der Waals surface area contributed by atoms with Gasteiger partial charge in [-0.15, -0.1) is 13.2 Å². The molecule has 0 aliphatic carbocycles. The number of allylic oxidation sites excluding steroid dienone is 1. The molecule has 2 bridgehead atoms. The number of esters is 1. The number of para-hydroxylation sites is 1. The molecule has 194 valence electrons. The van der Waals surface area contributed by atoms with Crippen molar-refractivity contribution in [1.82, 2.24) is 4.90 Å². The number of benzene rings is 1. The van der Waals surface area contributed by atoms with Gasteiger partial charge in [0.25, 0.3) is 5.91 Å². The lowest BCUT2D eigenvalue weighted by molar-refractivity contribution is -0.155. The smallest absolute Gasteiger partial charge is 0.312 e. The van der Waals surface area contributed by atoms with Crippen LogP contribution in [0.5, 0.6) is 0 Å². The van der Waals surface area contributed by atoms with Gasteiger partial charge in [0.1, 0.15) is 11.6 Å². The number of anilines is 1. The van der Waals surface area contributed by atoms with Crippen LogP contribution in [0.3, 0.4) is 0 Å². The molecule has 3 heterocycles. The fourth-order valence-electron chi connectivity index (χ4n) is 5.96. The van der Waals surface area contributed by atoms with Crippen LogP contribution in [0.1, 0.15) is 32.1 Å². The SMILES string of the molecule is C=CCCCCOC(=O)[C@@H]1[C@H]2C(=O)N(CCO)C(C(=O)N(CC=C)c3ccccc3Cl)C23CC[C@H]1O3. The number of rotatable bonds is 12. The summed E-state index contributed by atoms with van der Waals surface area (Å²) in [6.45, 7) is 7.52. The van der Waals surface area contributed by atoms with E-state index in [2.05, 4.69) is 13.2 Å². The summed E-state index contributed by atoms with van der Waals surface area (Å²) in [6, 6.07) is 5.95. The van der Waals surface area contributed by atoms with E-state index < -0.39 is 35.6 Å². The normalized spacial score (nSPS) is 28.2. The lowest BCUT2D eigenvalue weighted by Crippen LogP contribution is -2.57. The zero-order valence-electron chi connectivity index (χ0n) is 20.3. The molecule has 36 heavy (non-hydrogen) atoms. The quantitative estimate of drug-likeness (QED) is 0.260. The Labute approximate surface area is 216 Å². The summed E-state index contributed by atoms with van der Waals surface area (Å²) in [5, 5.41) is 10.1. The van der Waals surface area contributed by atoms with Crippen molar-refractivity contribution in [3.8, 4) is 0 Å². The number of carbonyl (C=O) groups is 3. The molecule has 3 aliphatic heterocycles. The molecule has 3 saturated heterocycles. The van der Waals surface area contributed by atoms with Crippen LogP contribution in [-0.4, -0.2) is 71.8 Å². The van der Waals surface area contributed by atoms with Crippen LogP contribution in [0.25, 0.3) is 0 Å². The Balaban J connectivity index is 1.64. The van der Waals surface area contributed by atoms with E-state index in [1.807, 2.05) is 6.08 Å². The fourth-order valence-corrected chi connectivity index (χ4v) is 6.20. The molecule has 4 rings (SSSR count). The number of fused-ring (bicyclic) bond motifs is 1. The van der Waals surface area contributed by atoms with Gasteiger partial charge < -0.3 is 24.4 Å². The molecule has 0 saturated carbocycles. The molecule has 1 aromatic rings. The average molecular weight is 517 g/mol. The molecule has 2 amide bonds. The van der Waals surface area contributed by atoms with Crippen molar-refractivity contribution in [1.29, 1.82) is 0 Å². The predicted molar refractivity (Wildman–Crippen MR) is 135 cm³/mol. The summed E-state index contributed by atoms with van der Waals surface area (Å²) in [5.74, 6) is -2.83. The largest absolute Gasteiger partial charge is 0.465 e. The third-order valence-corrected chi connectivity index (χ3v) is 7.73. The Morgan fingerprint density at radius 3 is 2.75 bits per heavy atom. The number of ether oxygens (including phenoxy) is 2. The third kappa shape index (κ3) is 4.46. The van der Waals surface area contributed by atoms with Crippen LogP contribution in [0.15, 0.2) is 49.6 Å². The Morgan fingerprint density at radius 1 is 1.28 bits per heavy atom. The minimum absolute atomic E-state index is 0.0463. The van der Waals surface area contributed by atoms with Gasteiger partial charge in [-0.25, -0.2) is 0 Å². The molecule has 3 aliphatic rings. The third-order valence-electron chi connectivity index (χ3n) is 7.41. The van der Waals surface area contributed by atoms with Gasteiger partial charge in [-0.2, -0.15) is 0 Å². The lowest BCUT2D eigenvalue weighted by atomic mass is 9.70. The van der Waals surface area contributed by atoms with Gasteiger partial charge in [-0.1, -0.05) is 35.9 Å². The predicted octanol–water partition coefficient (Wildman–Crippen LogP) is 3.13. The van der Waals surface area contributed by atoms with Crippen molar-refractivity contribution < 1.29 is 29.0 Å². The second-order valence-electron chi connectivity index (χ2n) is 9.45. The summed E-state index contributed by atoms with van der Waals surface area (Å²) in [4.78, 5) is 43.8. The maximum atomic E-state index is 14.1. The number of amides is 2. The van der Waals surface area contributed by atoms with E-state index in [0.29, 0.717) is 30.0 Å². The second-order valence-corrected chi connectivity index (χ2v) is 9.86. The summed E-state index contributed by atoms with van der Waals surface area (Å²) < 4.78 is 11.9. The Morgan fingerprint density at radius 2 is 2.06 bits per heavy atom. The van der Waals surface area contributed by atoms with Crippen LogP contribution in [-0.2, 0) is 23.9 Å². The van der Waals surface area contributed by atoms with Crippen molar-refractivity contribution in [2.24, 2.45) is 11.8 Å². The number of unbranched alkanes of at least 4 members (excludes halogenated alkanes) is 2. The molecule has 2 unspecified atom stereocenters. The molecular weight excluding hydrogens is 484 g/mol. The summed E-state index contributed by atoms with van der Waals surface area (Å²) in [5.41, 5.74) is -0.676. The van der Waals surface area contributed by atoms with Crippen LogP contribution >= 0.6 is 11.6 Å². The zero-order valence-corrected chi connectivity index (χ0v) is 21.1. The summed E-state index contributed by atoms with van der Waals surface area (Å²) in [6.07, 6.45) is 6.31. The first-order chi connectivity index (χ1) is 17.4. The molecule has 8 nitrogen and oxygen atoms in total. The highest BCUT2D eigenvalue weighted by Gasteiger charge is 2.75. The molecule has 1 spiro atoms. The minimum atomic E-state index is -1.17. The van der Waals surface area contributed by atoms with Crippen molar-refractivity contribution >= 4 is 35.1 Å². The molecule has 3 fully saturated rings. The maximum absolute atomic E-state index is 14.1. The van der Waals surface area contributed by atoms with Gasteiger partial charge >= 0.3 is 5.97 Å². The number of carbonyl (C=O) groups excluding carboxylic acids is 3. The molecular formula is C27H33ClN2O6. The highest BCUT2D eigenvalue weighted by Crippen LogP contribution is 2.58. The van der Waals surface area contributed by atoms with Crippen molar-refractivity contribution in [2.45, 2.75) is 49.9 Å². The van der Waals surface area contributed by atoms with Crippen LogP contribution < -0.4 is 4.90 Å². The van der Waals surface area contributed by atoms with E-state index in [1.165, 1.54) is 9.80 Å². The zero-order chi connectivity index (χ0) is 25.9. The fraction of sp³-hybridized carbons (Fsp3) is 0.519. The number of nitrogens with zero attached hydrogens (tertiary/aromatic N) is 2. The van der Waals surface area contributed by atoms with E-state index in [4.69, 9.17) is 21.1 Å². The van der Waals surface area contributed by atoms with Crippen molar-refractivity contribution in [3.63, 3.8) is 0 Å². The summed E-state index contributed by atoms with van der Waals surface area (Å²) >= 11 is 6.42. The maximum Gasteiger partial charge on any atom is 0.312 e. The summed E-state index contributed by atoms with van der Waals surface area (Å²) in [7, 11) is 0. The first-order valence-corrected chi connectivity index (χ1v) is 12.8. The van der Waals surface area contributed by atoms with Gasteiger partial charge in [0, 0.05) is 13.1 Å². The molecule has 1 aromatic carbocycles. The average Bonchev–Trinajstić information content (AvgIpc) is 3.50. The lowest BCUT2D eigenvalue weighted by Gasteiger charge is -2.36. The highest BCUT2D eigenvalue weighted by atomic mass is 35.5. The van der Waals surface area contributed by atoms with E-state index >= 15 is 0 Å². The number of hydrogen-bond donors (Lipinski definition) is 1. The minimum Gasteiger partial charge on any atom is -0.465 e. The molecule has 0 aromatic heterocycles. The van der Waals surface area contributed by atoms with Crippen molar-refractivity contribution in [3.05, 3.63) is 54.6 Å². The number of hydrogen-bond acceptors (Lipinski definition) is 6. The molecule has 1 N–H and O–H groups in total. The second kappa shape index (κ2) is 11.2. The van der Waals surface area contributed by atoms with Gasteiger partial charge in [0.15, 0.2) is 0 Å². The number of aliphatic hydroxyl groups is 1.